The first-order valence-electron chi connectivity index (χ1n) is 6.92. The molecule has 1 unspecified atom stereocenters. The number of amides is 1. The standard InChI is InChI=1S/C14H23N3OS/c1-11(2)14(12-4-3-9-19-12)16-13(18)10-17-7-5-15-6-8-17/h3-4,9,11,14-15H,5-8,10H2,1-2H3,(H,16,18). The Bertz CT molecular complexity index is 385. The quantitative estimate of drug-likeness (QED) is 0.859. The van der Waals surface area contributed by atoms with Crippen LogP contribution < -0.4 is 10.6 Å². The summed E-state index contributed by atoms with van der Waals surface area (Å²) in [6.45, 7) is 8.68. The highest BCUT2D eigenvalue weighted by atomic mass is 32.1. The van der Waals surface area contributed by atoms with E-state index >= 15 is 0 Å². The minimum absolute atomic E-state index is 0.133. The maximum atomic E-state index is 12.2. The highest BCUT2D eigenvalue weighted by Gasteiger charge is 2.21. The minimum atomic E-state index is 0.133. The molecule has 5 heteroatoms. The molecular formula is C14H23N3OS. The third kappa shape index (κ3) is 4.30. The molecule has 4 nitrogen and oxygen atoms in total. The molecule has 1 amide bonds. The summed E-state index contributed by atoms with van der Waals surface area (Å²) in [6, 6.07) is 4.27. The molecule has 106 valence electrons. The van der Waals surface area contributed by atoms with Crippen molar-refractivity contribution in [3.05, 3.63) is 22.4 Å². The van der Waals surface area contributed by atoms with Gasteiger partial charge >= 0.3 is 0 Å². The Labute approximate surface area is 119 Å². The van der Waals surface area contributed by atoms with Crippen LogP contribution in [0.15, 0.2) is 17.5 Å². The molecule has 0 spiro atoms. The molecule has 1 aromatic rings. The molecule has 0 saturated carbocycles. The SMILES string of the molecule is CC(C)C(NC(=O)CN1CCNCC1)c1cccs1. The topological polar surface area (TPSA) is 44.4 Å². The fourth-order valence-electron chi connectivity index (χ4n) is 2.33. The number of rotatable bonds is 5. The van der Waals surface area contributed by atoms with Crippen molar-refractivity contribution >= 4 is 17.2 Å². The summed E-state index contributed by atoms with van der Waals surface area (Å²) in [4.78, 5) is 15.6. The van der Waals surface area contributed by atoms with Crippen LogP contribution in [0.3, 0.4) is 0 Å². The fourth-order valence-corrected chi connectivity index (χ4v) is 3.28. The fraction of sp³-hybridized carbons (Fsp3) is 0.643. The number of hydrogen-bond donors (Lipinski definition) is 2. The zero-order valence-corrected chi connectivity index (χ0v) is 12.5. The summed E-state index contributed by atoms with van der Waals surface area (Å²) < 4.78 is 0. The zero-order chi connectivity index (χ0) is 13.7. The average Bonchev–Trinajstić information content (AvgIpc) is 2.90. The maximum Gasteiger partial charge on any atom is 0.234 e. The summed E-state index contributed by atoms with van der Waals surface area (Å²) in [5, 5.41) is 8.54. The minimum Gasteiger partial charge on any atom is -0.347 e. The van der Waals surface area contributed by atoms with Gasteiger partial charge in [0.1, 0.15) is 0 Å². The van der Waals surface area contributed by atoms with Gasteiger partial charge in [0.15, 0.2) is 0 Å². The summed E-state index contributed by atoms with van der Waals surface area (Å²) in [5.41, 5.74) is 0. The van der Waals surface area contributed by atoms with Crippen LogP contribution in [0.5, 0.6) is 0 Å². The van der Waals surface area contributed by atoms with E-state index in [-0.39, 0.29) is 11.9 Å². The average molecular weight is 281 g/mol. The summed E-state index contributed by atoms with van der Waals surface area (Å²) in [6.07, 6.45) is 0. The zero-order valence-electron chi connectivity index (χ0n) is 11.7. The van der Waals surface area contributed by atoms with Crippen molar-refractivity contribution < 1.29 is 4.79 Å². The number of nitrogens with one attached hydrogen (secondary N) is 2. The highest BCUT2D eigenvalue weighted by molar-refractivity contribution is 7.10. The van der Waals surface area contributed by atoms with Crippen molar-refractivity contribution in [1.29, 1.82) is 0 Å². The Kier molecular flexibility index (Phi) is 5.36. The summed E-state index contributed by atoms with van der Waals surface area (Å²) in [7, 11) is 0. The number of thiophene rings is 1. The first-order chi connectivity index (χ1) is 9.16. The number of carbonyl (C=O) groups is 1. The Balaban J connectivity index is 1.88. The Morgan fingerprint density at radius 2 is 2.21 bits per heavy atom. The van der Waals surface area contributed by atoms with Gasteiger partial charge in [0.25, 0.3) is 0 Å². The lowest BCUT2D eigenvalue weighted by atomic mass is 10.0. The molecule has 1 aliphatic rings. The van der Waals surface area contributed by atoms with Gasteiger partial charge in [-0.05, 0) is 17.4 Å². The van der Waals surface area contributed by atoms with Gasteiger partial charge in [-0.2, -0.15) is 0 Å². The smallest absolute Gasteiger partial charge is 0.234 e. The van der Waals surface area contributed by atoms with Crippen LogP contribution in [-0.4, -0.2) is 43.5 Å². The van der Waals surface area contributed by atoms with E-state index in [0.29, 0.717) is 12.5 Å². The molecular weight excluding hydrogens is 258 g/mol. The second-order valence-corrected chi connectivity index (χ2v) is 6.31. The van der Waals surface area contributed by atoms with Gasteiger partial charge in [-0.15, -0.1) is 11.3 Å². The lowest BCUT2D eigenvalue weighted by Gasteiger charge is -2.28. The molecule has 1 saturated heterocycles. The second-order valence-electron chi connectivity index (χ2n) is 5.33. The predicted molar refractivity (Wildman–Crippen MR) is 79.4 cm³/mol. The molecule has 1 fully saturated rings. The van der Waals surface area contributed by atoms with Crippen LogP contribution in [0.25, 0.3) is 0 Å². The van der Waals surface area contributed by atoms with Crippen molar-refractivity contribution in [1.82, 2.24) is 15.5 Å². The van der Waals surface area contributed by atoms with Gasteiger partial charge in [-0.1, -0.05) is 19.9 Å². The first-order valence-corrected chi connectivity index (χ1v) is 7.80. The number of piperazine rings is 1. The predicted octanol–water partition coefficient (Wildman–Crippen LogP) is 1.47. The highest BCUT2D eigenvalue weighted by Crippen LogP contribution is 2.25. The Morgan fingerprint density at radius 1 is 1.47 bits per heavy atom. The van der Waals surface area contributed by atoms with Crippen LogP contribution in [-0.2, 0) is 4.79 Å². The Hall–Kier alpha value is -0.910. The lowest BCUT2D eigenvalue weighted by molar-refractivity contribution is -0.123. The molecule has 2 N–H and O–H groups in total. The first kappa shape index (κ1) is 14.5. The van der Waals surface area contributed by atoms with E-state index in [0.717, 1.165) is 26.2 Å². The van der Waals surface area contributed by atoms with Crippen LogP contribution in [0, 0.1) is 5.92 Å². The molecule has 0 radical (unpaired) electrons. The molecule has 1 atom stereocenters. The van der Waals surface area contributed by atoms with Crippen LogP contribution in [0.1, 0.15) is 24.8 Å². The molecule has 2 rings (SSSR count). The molecule has 1 aliphatic heterocycles. The van der Waals surface area contributed by atoms with Crippen LogP contribution in [0.2, 0.25) is 0 Å². The molecule has 0 aromatic carbocycles. The van der Waals surface area contributed by atoms with E-state index in [1.165, 1.54) is 4.88 Å². The van der Waals surface area contributed by atoms with Crippen LogP contribution in [0.4, 0.5) is 0 Å². The molecule has 2 heterocycles. The van der Waals surface area contributed by atoms with Gasteiger partial charge in [0.05, 0.1) is 12.6 Å². The third-order valence-corrected chi connectivity index (χ3v) is 4.37. The molecule has 19 heavy (non-hydrogen) atoms. The van der Waals surface area contributed by atoms with Gasteiger partial charge in [-0.3, -0.25) is 9.69 Å². The van der Waals surface area contributed by atoms with Gasteiger partial charge < -0.3 is 10.6 Å². The van der Waals surface area contributed by atoms with E-state index in [2.05, 4.69) is 40.8 Å². The van der Waals surface area contributed by atoms with Crippen molar-refractivity contribution in [2.24, 2.45) is 5.92 Å². The van der Waals surface area contributed by atoms with Crippen LogP contribution >= 0.6 is 11.3 Å². The van der Waals surface area contributed by atoms with E-state index in [4.69, 9.17) is 0 Å². The van der Waals surface area contributed by atoms with Gasteiger partial charge in [-0.25, -0.2) is 0 Å². The maximum absolute atomic E-state index is 12.2. The van der Waals surface area contributed by atoms with Crippen molar-refractivity contribution in [3.63, 3.8) is 0 Å². The normalized spacial score (nSPS) is 18.5. The Morgan fingerprint density at radius 3 is 2.79 bits per heavy atom. The number of hydrogen-bond acceptors (Lipinski definition) is 4. The van der Waals surface area contributed by atoms with E-state index < -0.39 is 0 Å². The van der Waals surface area contributed by atoms with Crippen molar-refractivity contribution in [3.8, 4) is 0 Å². The van der Waals surface area contributed by atoms with Gasteiger partial charge in [0.2, 0.25) is 5.91 Å². The molecule has 0 aliphatic carbocycles. The van der Waals surface area contributed by atoms with Gasteiger partial charge in [0, 0.05) is 31.1 Å². The van der Waals surface area contributed by atoms with E-state index in [9.17, 15) is 4.79 Å². The third-order valence-electron chi connectivity index (χ3n) is 3.41. The number of carbonyl (C=O) groups excluding carboxylic acids is 1. The molecule has 1 aromatic heterocycles. The second kappa shape index (κ2) is 7.03. The lowest BCUT2D eigenvalue weighted by Crippen LogP contribution is -2.48. The summed E-state index contributed by atoms with van der Waals surface area (Å²) >= 11 is 1.71. The monoisotopic (exact) mass is 281 g/mol. The van der Waals surface area contributed by atoms with E-state index in [1.807, 2.05) is 6.07 Å². The number of nitrogens with zero attached hydrogens (tertiary/aromatic N) is 1. The van der Waals surface area contributed by atoms with E-state index in [1.54, 1.807) is 11.3 Å². The largest absolute Gasteiger partial charge is 0.347 e. The molecule has 0 bridgehead atoms. The summed E-state index contributed by atoms with van der Waals surface area (Å²) in [5.74, 6) is 0.541. The van der Waals surface area contributed by atoms with Crippen molar-refractivity contribution in [2.45, 2.75) is 19.9 Å². The van der Waals surface area contributed by atoms with Crippen molar-refractivity contribution in [2.75, 3.05) is 32.7 Å².